The van der Waals surface area contributed by atoms with Gasteiger partial charge in [-0.3, -0.25) is 0 Å². The van der Waals surface area contributed by atoms with Crippen LogP contribution in [0.5, 0.6) is 0 Å². The van der Waals surface area contributed by atoms with E-state index < -0.39 is 30.3 Å². The van der Waals surface area contributed by atoms with Crippen LogP contribution in [0.25, 0.3) is 0 Å². The molecule has 1 nitrogen and oxygen atoms in total. The average Bonchev–Trinajstić information content (AvgIpc) is 2.24. The lowest BCUT2D eigenvalue weighted by atomic mass is 10.0. The summed E-state index contributed by atoms with van der Waals surface area (Å²) in [6.07, 6.45) is -5.64. The first-order chi connectivity index (χ1) is 8.24. The second kappa shape index (κ2) is 5.84. The second-order valence-electron chi connectivity index (χ2n) is 3.78. The minimum Gasteiger partial charge on any atom is -0.313 e. The number of halogens is 6. The largest absolute Gasteiger partial charge is 0.389 e. The van der Waals surface area contributed by atoms with Gasteiger partial charge in [-0.2, -0.15) is 13.2 Å². The van der Waals surface area contributed by atoms with Gasteiger partial charge in [0.2, 0.25) is 0 Å². The van der Waals surface area contributed by atoms with Crippen molar-refractivity contribution in [3.8, 4) is 0 Å². The molecule has 0 saturated carbocycles. The van der Waals surface area contributed by atoms with Crippen LogP contribution in [-0.2, 0) is 0 Å². The van der Waals surface area contributed by atoms with Crippen LogP contribution in [-0.4, -0.2) is 13.2 Å². The van der Waals surface area contributed by atoms with Gasteiger partial charge in [-0.25, -0.2) is 8.78 Å². The molecule has 0 aliphatic carbocycles. The predicted octanol–water partition coefficient (Wildman–Crippen LogP) is 4.22. The fourth-order valence-electron chi connectivity index (χ4n) is 1.57. The highest BCUT2D eigenvalue weighted by molar-refractivity contribution is 6.31. The zero-order chi connectivity index (χ0) is 13.9. The molecule has 0 radical (unpaired) electrons. The van der Waals surface area contributed by atoms with Crippen LogP contribution in [0.15, 0.2) is 12.1 Å². The highest BCUT2D eigenvalue weighted by Crippen LogP contribution is 2.31. The number of alkyl halides is 3. The van der Waals surface area contributed by atoms with Crippen molar-refractivity contribution in [2.45, 2.75) is 25.1 Å². The Balaban J connectivity index is 2.92. The van der Waals surface area contributed by atoms with Gasteiger partial charge in [0, 0.05) is 17.5 Å². The Hall–Kier alpha value is -0.880. The first kappa shape index (κ1) is 15.2. The molecular weight excluding hydrogens is 277 g/mol. The molecule has 0 amide bonds. The zero-order valence-corrected chi connectivity index (χ0v) is 10.2. The normalized spacial score (nSPS) is 13.7. The van der Waals surface area contributed by atoms with Gasteiger partial charge in [-0.15, -0.1) is 0 Å². The zero-order valence-electron chi connectivity index (χ0n) is 9.41. The minimum absolute atomic E-state index is 0.101. The maximum Gasteiger partial charge on any atom is 0.389 e. The molecule has 1 aromatic carbocycles. The maximum atomic E-state index is 13.0. The lowest BCUT2D eigenvalue weighted by molar-refractivity contribution is -0.136. The van der Waals surface area contributed by atoms with Crippen molar-refractivity contribution in [3.05, 3.63) is 34.4 Å². The van der Waals surface area contributed by atoms with Crippen LogP contribution in [0.2, 0.25) is 5.02 Å². The van der Waals surface area contributed by atoms with Crippen molar-refractivity contribution >= 4 is 11.6 Å². The van der Waals surface area contributed by atoms with Crippen LogP contribution in [0.3, 0.4) is 0 Å². The Labute approximate surface area is 106 Å². The van der Waals surface area contributed by atoms with E-state index in [2.05, 4.69) is 5.32 Å². The lowest BCUT2D eigenvalue weighted by Crippen LogP contribution is -2.20. The molecule has 1 unspecified atom stereocenters. The molecule has 1 N–H and O–H groups in total. The molecular formula is C11H11ClF5N. The summed E-state index contributed by atoms with van der Waals surface area (Å²) in [4.78, 5) is 0. The molecule has 0 aliphatic rings. The van der Waals surface area contributed by atoms with Crippen LogP contribution < -0.4 is 5.32 Å². The van der Waals surface area contributed by atoms with E-state index in [-0.39, 0.29) is 17.0 Å². The van der Waals surface area contributed by atoms with Gasteiger partial charge in [-0.05, 0) is 31.2 Å². The van der Waals surface area contributed by atoms with Gasteiger partial charge in [0.05, 0.1) is 0 Å². The van der Waals surface area contributed by atoms with Crippen molar-refractivity contribution in [2.24, 2.45) is 0 Å². The summed E-state index contributed by atoms with van der Waals surface area (Å²) in [5, 5.41) is 2.50. The third-order valence-electron chi connectivity index (χ3n) is 2.48. The van der Waals surface area contributed by atoms with Crippen molar-refractivity contribution in [1.82, 2.24) is 5.32 Å². The second-order valence-corrected chi connectivity index (χ2v) is 4.19. The molecule has 0 spiro atoms. The van der Waals surface area contributed by atoms with Crippen LogP contribution in [0.1, 0.15) is 24.4 Å². The summed E-state index contributed by atoms with van der Waals surface area (Å²) in [6, 6.07) is 0.786. The van der Waals surface area contributed by atoms with E-state index in [9.17, 15) is 22.0 Å². The Bertz CT molecular complexity index is 419. The number of nitrogens with one attached hydrogen (secondary N) is 1. The monoisotopic (exact) mass is 287 g/mol. The average molecular weight is 288 g/mol. The number of hydrogen-bond acceptors (Lipinski definition) is 1. The van der Waals surface area contributed by atoms with Crippen LogP contribution in [0.4, 0.5) is 22.0 Å². The number of hydrogen-bond donors (Lipinski definition) is 1. The summed E-state index contributed by atoms with van der Waals surface area (Å²) in [6.45, 7) is 0. The van der Waals surface area contributed by atoms with E-state index in [1.54, 1.807) is 0 Å². The first-order valence-electron chi connectivity index (χ1n) is 5.13. The molecule has 0 fully saturated rings. The lowest BCUT2D eigenvalue weighted by Gasteiger charge is -2.19. The smallest absolute Gasteiger partial charge is 0.313 e. The molecule has 18 heavy (non-hydrogen) atoms. The number of benzene rings is 1. The third-order valence-corrected chi connectivity index (χ3v) is 2.81. The predicted molar refractivity (Wildman–Crippen MR) is 58.5 cm³/mol. The first-order valence-corrected chi connectivity index (χ1v) is 5.51. The maximum absolute atomic E-state index is 13.0. The van der Waals surface area contributed by atoms with E-state index in [1.165, 1.54) is 7.05 Å². The van der Waals surface area contributed by atoms with Crippen LogP contribution >= 0.6 is 11.6 Å². The van der Waals surface area contributed by atoms with Gasteiger partial charge in [0.1, 0.15) is 0 Å². The van der Waals surface area contributed by atoms with E-state index in [1.807, 2.05) is 0 Å². The van der Waals surface area contributed by atoms with Crippen molar-refractivity contribution in [3.63, 3.8) is 0 Å². The number of rotatable bonds is 4. The van der Waals surface area contributed by atoms with E-state index >= 15 is 0 Å². The van der Waals surface area contributed by atoms with Gasteiger partial charge in [-0.1, -0.05) is 11.6 Å². The van der Waals surface area contributed by atoms with E-state index in [0.29, 0.717) is 0 Å². The van der Waals surface area contributed by atoms with Gasteiger partial charge < -0.3 is 5.32 Å². The van der Waals surface area contributed by atoms with Crippen molar-refractivity contribution in [1.29, 1.82) is 0 Å². The summed E-state index contributed by atoms with van der Waals surface area (Å²) in [5.41, 5.74) is 0.113. The third kappa shape index (κ3) is 4.10. The van der Waals surface area contributed by atoms with Gasteiger partial charge >= 0.3 is 6.18 Å². The molecule has 0 saturated heterocycles. The molecule has 1 rings (SSSR count). The topological polar surface area (TPSA) is 12.0 Å². The standard InChI is InChI=1S/C11H11ClF5N/c1-18-10(2-3-11(15,16)17)6-4-8(13)9(14)5-7(6)12/h4-5,10,18H,2-3H2,1H3. The summed E-state index contributed by atoms with van der Waals surface area (Å²) in [5.74, 6) is -2.27. The van der Waals surface area contributed by atoms with Crippen molar-refractivity contribution < 1.29 is 22.0 Å². The summed E-state index contributed by atoms with van der Waals surface area (Å²) in [7, 11) is 1.43. The summed E-state index contributed by atoms with van der Waals surface area (Å²) >= 11 is 5.70. The highest BCUT2D eigenvalue weighted by Gasteiger charge is 2.29. The molecule has 1 atom stereocenters. The SMILES string of the molecule is CNC(CCC(F)(F)F)c1cc(F)c(F)cc1Cl. The quantitative estimate of drug-likeness (QED) is 0.646. The Morgan fingerprint density at radius 3 is 2.28 bits per heavy atom. The molecule has 1 aromatic rings. The molecule has 0 bridgehead atoms. The van der Waals surface area contributed by atoms with E-state index in [0.717, 1.165) is 12.1 Å². The fraction of sp³-hybridized carbons (Fsp3) is 0.455. The van der Waals surface area contributed by atoms with Crippen molar-refractivity contribution in [2.75, 3.05) is 7.05 Å². The molecule has 102 valence electrons. The molecule has 7 heteroatoms. The molecule has 0 aliphatic heterocycles. The Kier molecular flexibility index (Phi) is 4.92. The minimum atomic E-state index is -4.31. The van der Waals surface area contributed by atoms with E-state index in [4.69, 9.17) is 11.6 Å². The van der Waals surface area contributed by atoms with Crippen LogP contribution in [0, 0.1) is 11.6 Å². The Morgan fingerprint density at radius 1 is 1.22 bits per heavy atom. The fourth-order valence-corrected chi connectivity index (χ4v) is 1.85. The highest BCUT2D eigenvalue weighted by atomic mass is 35.5. The molecule has 0 heterocycles. The molecule has 0 aromatic heterocycles. The Morgan fingerprint density at radius 2 is 1.78 bits per heavy atom. The van der Waals surface area contributed by atoms with Gasteiger partial charge in [0.25, 0.3) is 0 Å². The summed E-state index contributed by atoms with van der Waals surface area (Å²) < 4.78 is 62.2. The van der Waals surface area contributed by atoms with Gasteiger partial charge in [0.15, 0.2) is 11.6 Å².